The third-order valence-electron chi connectivity index (χ3n) is 7.75. The van der Waals surface area contributed by atoms with Crippen LogP contribution in [0.15, 0.2) is 53.6 Å². The van der Waals surface area contributed by atoms with Gasteiger partial charge in [0.25, 0.3) is 11.5 Å². The molecule has 7 heteroatoms. The highest BCUT2D eigenvalue weighted by atomic mass is 16.5. The number of H-pyrrole nitrogens is 1. The summed E-state index contributed by atoms with van der Waals surface area (Å²) in [4.78, 5) is 33.3. The van der Waals surface area contributed by atoms with Gasteiger partial charge in [-0.05, 0) is 75.8 Å². The molecule has 37 heavy (non-hydrogen) atoms. The molecule has 4 aromatic rings. The molecule has 7 nitrogen and oxygen atoms in total. The third-order valence-corrected chi connectivity index (χ3v) is 7.75. The van der Waals surface area contributed by atoms with Crippen LogP contribution in [-0.2, 0) is 11.3 Å². The third kappa shape index (κ3) is 4.83. The highest BCUT2D eigenvalue weighted by molar-refractivity contribution is 6.09. The number of carbonyl (C=O) groups excluding carboxylic acids is 1. The Balaban J connectivity index is 1.57. The zero-order valence-electron chi connectivity index (χ0n) is 21.9. The maximum absolute atomic E-state index is 13.6. The Hall–Kier alpha value is -3.71. The number of nitrogens with zero attached hydrogens (tertiary/aromatic N) is 2. The number of pyridine rings is 2. The van der Waals surface area contributed by atoms with Gasteiger partial charge in [-0.2, -0.15) is 0 Å². The largest absolute Gasteiger partial charge is 0.381 e. The second-order valence-electron chi connectivity index (χ2n) is 10.1. The summed E-state index contributed by atoms with van der Waals surface area (Å²) >= 11 is 0. The molecule has 0 saturated carbocycles. The number of amides is 1. The van der Waals surface area contributed by atoms with Gasteiger partial charge in [-0.3, -0.25) is 14.6 Å². The normalized spacial score (nSPS) is 15.1. The molecule has 3 aromatic heterocycles. The quantitative estimate of drug-likeness (QED) is 0.381. The van der Waals surface area contributed by atoms with E-state index in [9.17, 15) is 9.59 Å². The number of nitrogens with one attached hydrogen (secondary N) is 2. The number of ether oxygens (including phenoxy) is 1. The molecule has 0 radical (unpaired) electrons. The van der Waals surface area contributed by atoms with Gasteiger partial charge >= 0.3 is 0 Å². The number of aromatic amines is 1. The first kappa shape index (κ1) is 25.0. The molecular formula is C30H34N4O3. The molecule has 1 amide bonds. The van der Waals surface area contributed by atoms with E-state index in [0.29, 0.717) is 17.0 Å². The summed E-state index contributed by atoms with van der Waals surface area (Å²) in [6.07, 6.45) is 5.63. The van der Waals surface area contributed by atoms with Crippen LogP contribution in [0.2, 0.25) is 0 Å². The van der Waals surface area contributed by atoms with Crippen molar-refractivity contribution in [2.45, 2.75) is 53.1 Å². The number of aryl methyl sites for hydroxylation is 2. The summed E-state index contributed by atoms with van der Waals surface area (Å²) in [6.45, 7) is 9.74. The summed E-state index contributed by atoms with van der Waals surface area (Å²) in [5.41, 5.74) is 6.82. The highest BCUT2D eigenvalue weighted by Crippen LogP contribution is 2.37. The number of benzene rings is 1. The molecule has 1 atom stereocenters. The Labute approximate surface area is 216 Å². The first-order valence-corrected chi connectivity index (χ1v) is 13.0. The SMILES string of the molecule is Cc1cc(C)c(CNC(=O)c2c(C)n(C(C)C3CCOCC3)c3cc(-c4cccnc4)ccc23)c(=O)[nH]1. The number of aromatic nitrogens is 3. The first-order valence-electron chi connectivity index (χ1n) is 13.0. The van der Waals surface area contributed by atoms with E-state index in [0.717, 1.165) is 65.0 Å². The average Bonchev–Trinajstić information content (AvgIpc) is 3.19. The van der Waals surface area contributed by atoms with Crippen molar-refractivity contribution in [2.24, 2.45) is 5.92 Å². The van der Waals surface area contributed by atoms with E-state index in [1.54, 1.807) is 6.20 Å². The minimum Gasteiger partial charge on any atom is -0.381 e. The van der Waals surface area contributed by atoms with Gasteiger partial charge in [0.05, 0.1) is 5.56 Å². The summed E-state index contributed by atoms with van der Waals surface area (Å²) in [5.74, 6) is 0.295. The molecule has 1 unspecified atom stereocenters. The van der Waals surface area contributed by atoms with Gasteiger partial charge in [-0.15, -0.1) is 0 Å². The van der Waals surface area contributed by atoms with Gasteiger partial charge in [-0.1, -0.05) is 18.2 Å². The van der Waals surface area contributed by atoms with Crippen LogP contribution < -0.4 is 10.9 Å². The van der Waals surface area contributed by atoms with Gasteiger partial charge < -0.3 is 19.6 Å². The smallest absolute Gasteiger partial charge is 0.254 e. The molecule has 1 aromatic carbocycles. The van der Waals surface area contributed by atoms with Crippen LogP contribution in [0.3, 0.4) is 0 Å². The summed E-state index contributed by atoms with van der Waals surface area (Å²) in [5, 5.41) is 3.94. The van der Waals surface area contributed by atoms with E-state index in [4.69, 9.17) is 4.74 Å². The molecule has 1 aliphatic heterocycles. The molecule has 0 aliphatic carbocycles. The Kier molecular flexibility index (Phi) is 6.98. The lowest BCUT2D eigenvalue weighted by molar-refractivity contribution is 0.0517. The van der Waals surface area contributed by atoms with Gasteiger partial charge in [0.1, 0.15) is 0 Å². The van der Waals surface area contributed by atoms with E-state index in [1.807, 2.05) is 57.3 Å². The maximum atomic E-state index is 13.6. The summed E-state index contributed by atoms with van der Waals surface area (Å²) in [6, 6.07) is 12.4. The topological polar surface area (TPSA) is 89.0 Å². The predicted octanol–water partition coefficient (Wildman–Crippen LogP) is 5.23. The van der Waals surface area contributed by atoms with Crippen molar-refractivity contribution >= 4 is 16.8 Å². The van der Waals surface area contributed by atoms with Gasteiger partial charge in [0, 0.05) is 71.6 Å². The van der Waals surface area contributed by atoms with Crippen LogP contribution in [0.25, 0.3) is 22.0 Å². The Morgan fingerprint density at radius 1 is 1.16 bits per heavy atom. The number of rotatable bonds is 6. The fourth-order valence-corrected chi connectivity index (χ4v) is 5.73. The second kappa shape index (κ2) is 10.3. The van der Waals surface area contributed by atoms with Crippen LogP contribution in [-0.4, -0.2) is 33.7 Å². The lowest BCUT2D eigenvalue weighted by atomic mass is 9.92. The van der Waals surface area contributed by atoms with Gasteiger partial charge in [0.2, 0.25) is 0 Å². The fourth-order valence-electron chi connectivity index (χ4n) is 5.73. The standard InChI is InChI=1S/C30H34N4O3/c1-18-14-19(2)33-29(35)26(18)17-32-30(36)28-21(4)34(20(3)22-9-12-37-13-10-22)27-15-23(7-8-25(27)28)24-6-5-11-31-16-24/h5-8,11,14-16,20,22H,9-10,12-13,17H2,1-4H3,(H,32,36)(H,33,35). The van der Waals surface area contributed by atoms with E-state index < -0.39 is 0 Å². The van der Waals surface area contributed by atoms with Crippen molar-refractivity contribution in [3.63, 3.8) is 0 Å². The highest BCUT2D eigenvalue weighted by Gasteiger charge is 2.28. The molecular weight excluding hydrogens is 464 g/mol. The average molecular weight is 499 g/mol. The lowest BCUT2D eigenvalue weighted by Crippen LogP contribution is -2.28. The van der Waals surface area contributed by atoms with Crippen molar-refractivity contribution in [1.82, 2.24) is 19.9 Å². The monoisotopic (exact) mass is 498 g/mol. The van der Waals surface area contributed by atoms with Crippen LogP contribution in [0.5, 0.6) is 0 Å². The molecule has 1 fully saturated rings. The van der Waals surface area contributed by atoms with Crippen molar-refractivity contribution in [3.05, 3.63) is 87.2 Å². The van der Waals surface area contributed by atoms with Crippen molar-refractivity contribution in [2.75, 3.05) is 13.2 Å². The Morgan fingerprint density at radius 2 is 1.95 bits per heavy atom. The van der Waals surface area contributed by atoms with Crippen LogP contribution in [0, 0.1) is 26.7 Å². The lowest BCUT2D eigenvalue weighted by Gasteiger charge is -2.30. The summed E-state index contributed by atoms with van der Waals surface area (Å²) < 4.78 is 7.94. The molecule has 0 bridgehead atoms. The van der Waals surface area contributed by atoms with Crippen LogP contribution in [0.1, 0.15) is 58.7 Å². The van der Waals surface area contributed by atoms with E-state index in [2.05, 4.69) is 32.8 Å². The van der Waals surface area contributed by atoms with E-state index in [-0.39, 0.29) is 24.1 Å². The number of hydrogen-bond donors (Lipinski definition) is 2. The molecule has 4 heterocycles. The number of carbonyl (C=O) groups is 1. The Morgan fingerprint density at radius 3 is 2.65 bits per heavy atom. The molecule has 2 N–H and O–H groups in total. The molecule has 1 saturated heterocycles. The van der Waals surface area contributed by atoms with Crippen molar-refractivity contribution in [3.8, 4) is 11.1 Å². The molecule has 192 valence electrons. The zero-order valence-corrected chi connectivity index (χ0v) is 21.9. The van der Waals surface area contributed by atoms with Crippen molar-refractivity contribution in [1.29, 1.82) is 0 Å². The first-order chi connectivity index (χ1) is 17.8. The fraction of sp³-hybridized carbons (Fsp3) is 0.367. The number of fused-ring (bicyclic) bond motifs is 1. The number of hydrogen-bond acceptors (Lipinski definition) is 4. The second-order valence-corrected chi connectivity index (χ2v) is 10.1. The molecule has 0 spiro atoms. The molecule has 1 aliphatic rings. The van der Waals surface area contributed by atoms with Gasteiger partial charge in [0.15, 0.2) is 0 Å². The zero-order chi connectivity index (χ0) is 26.1. The van der Waals surface area contributed by atoms with Crippen LogP contribution in [0.4, 0.5) is 0 Å². The molecule has 5 rings (SSSR count). The minimum atomic E-state index is -0.172. The maximum Gasteiger partial charge on any atom is 0.254 e. The van der Waals surface area contributed by atoms with Crippen LogP contribution >= 0.6 is 0 Å². The van der Waals surface area contributed by atoms with E-state index >= 15 is 0 Å². The minimum absolute atomic E-state index is 0.161. The Bertz CT molecular complexity index is 1500. The van der Waals surface area contributed by atoms with Crippen molar-refractivity contribution < 1.29 is 9.53 Å². The van der Waals surface area contributed by atoms with E-state index in [1.165, 1.54) is 0 Å². The summed E-state index contributed by atoms with van der Waals surface area (Å²) in [7, 11) is 0. The van der Waals surface area contributed by atoms with Gasteiger partial charge in [-0.25, -0.2) is 0 Å². The predicted molar refractivity (Wildman–Crippen MR) is 146 cm³/mol.